The van der Waals surface area contributed by atoms with Gasteiger partial charge in [0.15, 0.2) is 5.82 Å². The Balaban J connectivity index is 2.32. The Morgan fingerprint density at radius 3 is 2.22 bits per heavy atom. The molecule has 0 bridgehead atoms. The summed E-state index contributed by atoms with van der Waals surface area (Å²) in [5.41, 5.74) is 8.21. The fraction of sp³-hybridized carbons (Fsp3) is 0.400. The molecule has 7 nitrogen and oxygen atoms in total. The van der Waals surface area contributed by atoms with Crippen molar-refractivity contribution in [3.05, 3.63) is 35.7 Å². The molecule has 27 heavy (non-hydrogen) atoms. The van der Waals surface area contributed by atoms with Gasteiger partial charge in [-0.2, -0.15) is 20.2 Å². The van der Waals surface area contributed by atoms with E-state index in [9.17, 15) is 5.26 Å². The van der Waals surface area contributed by atoms with Crippen LogP contribution in [0.1, 0.15) is 38.1 Å². The molecule has 0 spiro atoms. The minimum absolute atomic E-state index is 0.0926. The highest BCUT2D eigenvalue weighted by Crippen LogP contribution is 2.20. The van der Waals surface area contributed by atoms with Gasteiger partial charge >= 0.3 is 0 Å². The number of nitriles is 1. The monoisotopic (exact) mass is 365 g/mol. The Morgan fingerprint density at radius 2 is 1.70 bits per heavy atom. The number of aromatic nitrogens is 3. The van der Waals surface area contributed by atoms with E-state index in [0.29, 0.717) is 11.5 Å². The Labute approximate surface area is 161 Å². The van der Waals surface area contributed by atoms with Crippen LogP contribution in [0.15, 0.2) is 24.3 Å². The van der Waals surface area contributed by atoms with Gasteiger partial charge in [0.25, 0.3) is 0 Å². The Morgan fingerprint density at radius 1 is 1.07 bits per heavy atom. The first-order chi connectivity index (χ1) is 13.0. The number of nitrogens with zero attached hydrogens (tertiary/aromatic N) is 6. The topological polar surface area (TPSA) is 95.0 Å². The van der Waals surface area contributed by atoms with Crippen LogP contribution in [0, 0.1) is 11.3 Å². The SMILES string of the molecule is CCCN(CCC)c1ccc(/C=C(\C#N)c2nc(N)nc(N(C)C)n2)cc1. The van der Waals surface area contributed by atoms with Crippen LogP contribution in [0.3, 0.4) is 0 Å². The molecule has 0 saturated carbocycles. The lowest BCUT2D eigenvalue weighted by atomic mass is 10.1. The number of benzene rings is 1. The Bertz CT molecular complexity index is 813. The van der Waals surface area contributed by atoms with Crippen molar-refractivity contribution < 1.29 is 0 Å². The molecule has 0 amide bonds. The van der Waals surface area contributed by atoms with Crippen LogP contribution >= 0.6 is 0 Å². The fourth-order valence-corrected chi connectivity index (χ4v) is 2.71. The van der Waals surface area contributed by atoms with Gasteiger partial charge in [0.1, 0.15) is 6.07 Å². The van der Waals surface area contributed by atoms with Crippen molar-refractivity contribution in [3.8, 4) is 6.07 Å². The van der Waals surface area contributed by atoms with E-state index in [2.05, 4.69) is 51.9 Å². The highest BCUT2D eigenvalue weighted by Gasteiger charge is 2.11. The van der Waals surface area contributed by atoms with Crippen molar-refractivity contribution in [3.63, 3.8) is 0 Å². The summed E-state index contributed by atoms with van der Waals surface area (Å²) in [5, 5.41) is 9.56. The summed E-state index contributed by atoms with van der Waals surface area (Å²) in [6.07, 6.45) is 3.98. The highest BCUT2D eigenvalue weighted by atomic mass is 15.3. The third-order valence-corrected chi connectivity index (χ3v) is 3.96. The average Bonchev–Trinajstić information content (AvgIpc) is 2.66. The molecule has 0 radical (unpaired) electrons. The lowest BCUT2D eigenvalue weighted by molar-refractivity contribution is 0.745. The molecule has 0 unspecified atom stereocenters. The number of anilines is 3. The summed E-state index contributed by atoms with van der Waals surface area (Å²) in [6.45, 7) is 6.43. The first-order valence-corrected chi connectivity index (χ1v) is 9.14. The van der Waals surface area contributed by atoms with Gasteiger partial charge in [-0.25, -0.2) is 0 Å². The maximum Gasteiger partial charge on any atom is 0.230 e. The fourth-order valence-electron chi connectivity index (χ4n) is 2.71. The summed E-state index contributed by atoms with van der Waals surface area (Å²) >= 11 is 0. The lowest BCUT2D eigenvalue weighted by Crippen LogP contribution is -2.24. The standard InChI is InChI=1S/C20H27N7/c1-5-11-27(12-6-2)17-9-7-15(8-10-17)13-16(14-21)18-23-19(22)25-20(24-18)26(3)4/h7-10,13H,5-6,11-12H2,1-4H3,(H2,22,23,24,25)/b16-13+. The Hall–Kier alpha value is -3.14. The predicted octanol–water partition coefficient (Wildman–Crippen LogP) is 3.21. The molecular weight excluding hydrogens is 338 g/mol. The third-order valence-electron chi connectivity index (χ3n) is 3.96. The van der Waals surface area contributed by atoms with Crippen LogP contribution < -0.4 is 15.5 Å². The van der Waals surface area contributed by atoms with Gasteiger partial charge in [0.05, 0.1) is 5.57 Å². The lowest BCUT2D eigenvalue weighted by Gasteiger charge is -2.23. The maximum atomic E-state index is 9.56. The second-order valence-electron chi connectivity index (χ2n) is 6.46. The first kappa shape index (κ1) is 20.2. The van der Waals surface area contributed by atoms with E-state index in [1.165, 1.54) is 5.69 Å². The van der Waals surface area contributed by atoms with Gasteiger partial charge in [-0.15, -0.1) is 0 Å². The number of nitrogens with two attached hydrogens (primary N) is 1. The van der Waals surface area contributed by atoms with Crippen LogP contribution in [0.5, 0.6) is 0 Å². The zero-order valence-electron chi connectivity index (χ0n) is 16.5. The van der Waals surface area contributed by atoms with Gasteiger partial charge in [-0.05, 0) is 36.6 Å². The van der Waals surface area contributed by atoms with Gasteiger partial charge in [0, 0.05) is 32.9 Å². The number of hydrogen-bond acceptors (Lipinski definition) is 7. The van der Waals surface area contributed by atoms with E-state index in [0.717, 1.165) is 31.5 Å². The summed E-state index contributed by atoms with van der Waals surface area (Å²) in [7, 11) is 3.62. The summed E-state index contributed by atoms with van der Waals surface area (Å²) in [4.78, 5) is 16.6. The number of hydrogen-bond donors (Lipinski definition) is 1. The first-order valence-electron chi connectivity index (χ1n) is 9.14. The zero-order chi connectivity index (χ0) is 19.8. The second kappa shape index (κ2) is 9.53. The van der Waals surface area contributed by atoms with E-state index in [1.54, 1.807) is 11.0 Å². The van der Waals surface area contributed by atoms with Gasteiger partial charge < -0.3 is 15.5 Å². The van der Waals surface area contributed by atoms with Crippen molar-refractivity contribution >= 4 is 29.2 Å². The molecule has 142 valence electrons. The molecule has 0 fully saturated rings. The highest BCUT2D eigenvalue weighted by molar-refractivity contribution is 5.87. The Kier molecular flexibility index (Phi) is 7.12. The summed E-state index contributed by atoms with van der Waals surface area (Å²) in [6, 6.07) is 10.3. The van der Waals surface area contributed by atoms with Gasteiger partial charge in [-0.3, -0.25) is 0 Å². The molecule has 0 atom stereocenters. The second-order valence-corrected chi connectivity index (χ2v) is 6.46. The van der Waals surface area contributed by atoms with Gasteiger partial charge in [0.2, 0.25) is 11.9 Å². The summed E-state index contributed by atoms with van der Waals surface area (Å²) < 4.78 is 0. The van der Waals surface area contributed by atoms with Crippen LogP contribution in [0.2, 0.25) is 0 Å². The molecule has 1 aromatic carbocycles. The number of nitrogen functional groups attached to an aromatic ring is 1. The van der Waals surface area contributed by atoms with E-state index in [4.69, 9.17) is 5.73 Å². The molecular formula is C20H27N7. The molecule has 7 heteroatoms. The van der Waals surface area contributed by atoms with Crippen molar-refractivity contribution in [1.82, 2.24) is 15.0 Å². The van der Waals surface area contributed by atoms with Crippen LogP contribution in [0.25, 0.3) is 11.6 Å². The van der Waals surface area contributed by atoms with Gasteiger partial charge in [-0.1, -0.05) is 26.0 Å². The molecule has 0 aliphatic carbocycles. The molecule has 0 aliphatic rings. The number of allylic oxidation sites excluding steroid dienone is 1. The van der Waals surface area contributed by atoms with Crippen LogP contribution in [-0.4, -0.2) is 42.1 Å². The van der Waals surface area contributed by atoms with E-state index >= 15 is 0 Å². The quantitative estimate of drug-likeness (QED) is 0.718. The zero-order valence-corrected chi connectivity index (χ0v) is 16.5. The molecule has 0 aliphatic heterocycles. The molecule has 2 N–H and O–H groups in total. The number of rotatable bonds is 8. The molecule has 2 aromatic rings. The van der Waals surface area contributed by atoms with Crippen molar-refractivity contribution in [2.45, 2.75) is 26.7 Å². The van der Waals surface area contributed by atoms with Crippen molar-refractivity contribution in [2.24, 2.45) is 0 Å². The van der Waals surface area contributed by atoms with Crippen LogP contribution in [0.4, 0.5) is 17.6 Å². The third kappa shape index (κ3) is 5.42. The van der Waals surface area contributed by atoms with E-state index in [1.807, 2.05) is 26.2 Å². The average molecular weight is 365 g/mol. The molecule has 1 heterocycles. The smallest absolute Gasteiger partial charge is 0.230 e. The maximum absolute atomic E-state index is 9.56. The van der Waals surface area contributed by atoms with Crippen LogP contribution in [-0.2, 0) is 0 Å². The van der Waals surface area contributed by atoms with E-state index in [-0.39, 0.29) is 11.8 Å². The largest absolute Gasteiger partial charge is 0.372 e. The predicted molar refractivity (Wildman–Crippen MR) is 111 cm³/mol. The summed E-state index contributed by atoms with van der Waals surface area (Å²) in [5.74, 6) is 0.787. The van der Waals surface area contributed by atoms with Crippen molar-refractivity contribution in [2.75, 3.05) is 42.7 Å². The van der Waals surface area contributed by atoms with E-state index < -0.39 is 0 Å². The minimum Gasteiger partial charge on any atom is -0.372 e. The molecule has 1 aromatic heterocycles. The van der Waals surface area contributed by atoms with Crippen molar-refractivity contribution in [1.29, 1.82) is 5.26 Å². The molecule has 2 rings (SSSR count). The minimum atomic E-state index is 0.0926. The molecule has 0 saturated heterocycles. The normalized spacial score (nSPS) is 11.1.